The van der Waals surface area contributed by atoms with E-state index in [-0.39, 0.29) is 0 Å². The molecule has 3 heterocycles. The predicted molar refractivity (Wildman–Crippen MR) is 72.6 cm³/mol. The van der Waals surface area contributed by atoms with Gasteiger partial charge in [0.25, 0.3) is 0 Å². The van der Waals surface area contributed by atoms with Crippen molar-refractivity contribution in [2.45, 2.75) is 18.9 Å². The number of anilines is 1. The van der Waals surface area contributed by atoms with Crippen LogP contribution in [0.3, 0.4) is 0 Å². The molecule has 1 saturated heterocycles. The Bertz CT molecular complexity index is 554. The molecule has 1 unspecified atom stereocenters. The molecule has 0 aromatic carbocycles. The maximum atomic E-state index is 8.79. The van der Waals surface area contributed by atoms with Crippen LogP contribution in [0.5, 0.6) is 0 Å². The minimum Gasteiger partial charge on any atom is -0.349 e. The van der Waals surface area contributed by atoms with Crippen molar-refractivity contribution in [1.29, 1.82) is 5.26 Å². The maximum absolute atomic E-state index is 8.79. The largest absolute Gasteiger partial charge is 0.349 e. The number of hydrogen-bond donors (Lipinski definition) is 0. The smallest absolute Gasteiger partial charge is 0.129 e. The molecule has 0 radical (unpaired) electrons. The van der Waals surface area contributed by atoms with E-state index in [0.29, 0.717) is 11.6 Å². The zero-order valence-electron chi connectivity index (χ0n) is 9.91. The summed E-state index contributed by atoms with van der Waals surface area (Å²) in [7, 11) is 0. The highest BCUT2D eigenvalue weighted by Crippen LogP contribution is 2.36. The molecule has 1 aliphatic rings. The van der Waals surface area contributed by atoms with Crippen LogP contribution in [0.4, 0.5) is 5.82 Å². The first-order chi connectivity index (χ1) is 8.88. The lowest BCUT2D eigenvalue weighted by Crippen LogP contribution is -2.22. The zero-order chi connectivity index (χ0) is 12.4. The van der Waals surface area contributed by atoms with E-state index in [2.05, 4.69) is 33.5 Å². The number of hydrogen-bond acceptors (Lipinski definition) is 4. The topological polar surface area (TPSA) is 39.9 Å². The quantitative estimate of drug-likeness (QED) is 0.826. The van der Waals surface area contributed by atoms with E-state index in [1.54, 1.807) is 17.5 Å². The molecule has 0 saturated carbocycles. The van der Waals surface area contributed by atoms with Crippen molar-refractivity contribution in [3.05, 3.63) is 46.3 Å². The lowest BCUT2D eigenvalue weighted by atomic mass is 10.2. The molecule has 2 aromatic heterocycles. The summed E-state index contributed by atoms with van der Waals surface area (Å²) in [6.07, 6.45) is 4.03. The van der Waals surface area contributed by atoms with E-state index < -0.39 is 0 Å². The van der Waals surface area contributed by atoms with Gasteiger partial charge >= 0.3 is 0 Å². The van der Waals surface area contributed by atoms with E-state index in [4.69, 9.17) is 5.26 Å². The van der Waals surface area contributed by atoms with Gasteiger partial charge in [-0.2, -0.15) is 5.26 Å². The van der Waals surface area contributed by atoms with Crippen molar-refractivity contribution in [3.63, 3.8) is 0 Å². The molecule has 1 atom stereocenters. The van der Waals surface area contributed by atoms with Crippen LogP contribution in [0.15, 0.2) is 35.8 Å². The van der Waals surface area contributed by atoms with E-state index in [1.165, 1.54) is 17.7 Å². The van der Waals surface area contributed by atoms with Crippen molar-refractivity contribution >= 4 is 17.2 Å². The fourth-order valence-corrected chi connectivity index (χ4v) is 3.31. The molecule has 3 nitrogen and oxygen atoms in total. The van der Waals surface area contributed by atoms with Gasteiger partial charge in [-0.15, -0.1) is 11.3 Å². The lowest BCUT2D eigenvalue weighted by Gasteiger charge is -2.24. The first kappa shape index (κ1) is 11.2. The van der Waals surface area contributed by atoms with Crippen molar-refractivity contribution in [1.82, 2.24) is 4.98 Å². The van der Waals surface area contributed by atoms with E-state index >= 15 is 0 Å². The highest BCUT2D eigenvalue weighted by molar-refractivity contribution is 7.10. The van der Waals surface area contributed by atoms with Gasteiger partial charge in [0.05, 0.1) is 11.6 Å². The third-order valence-electron chi connectivity index (χ3n) is 3.30. The fourth-order valence-electron chi connectivity index (χ4n) is 2.44. The van der Waals surface area contributed by atoms with Gasteiger partial charge in [-0.1, -0.05) is 6.07 Å². The molecular weight excluding hydrogens is 242 g/mol. The van der Waals surface area contributed by atoms with Gasteiger partial charge in [-0.3, -0.25) is 0 Å². The van der Waals surface area contributed by atoms with E-state index in [9.17, 15) is 0 Å². The fraction of sp³-hybridized carbons (Fsp3) is 0.286. The minimum atomic E-state index is 0.449. The molecule has 0 amide bonds. The Morgan fingerprint density at radius 1 is 1.39 bits per heavy atom. The van der Waals surface area contributed by atoms with Crippen molar-refractivity contribution in [3.8, 4) is 6.07 Å². The number of thiophene rings is 1. The average molecular weight is 255 g/mol. The summed E-state index contributed by atoms with van der Waals surface area (Å²) in [4.78, 5) is 8.14. The lowest BCUT2D eigenvalue weighted by molar-refractivity contribution is 0.725. The third-order valence-corrected chi connectivity index (χ3v) is 4.27. The van der Waals surface area contributed by atoms with Crippen LogP contribution in [0, 0.1) is 11.3 Å². The molecular formula is C14H13N3S. The highest BCUT2D eigenvalue weighted by Gasteiger charge is 2.27. The van der Waals surface area contributed by atoms with Crippen molar-refractivity contribution in [2.75, 3.05) is 11.4 Å². The minimum absolute atomic E-state index is 0.449. The van der Waals surface area contributed by atoms with Crippen LogP contribution in [0.1, 0.15) is 29.3 Å². The van der Waals surface area contributed by atoms with Gasteiger partial charge in [0, 0.05) is 17.6 Å². The normalized spacial score (nSPS) is 18.8. The van der Waals surface area contributed by atoms with Gasteiger partial charge in [0.2, 0.25) is 0 Å². The van der Waals surface area contributed by atoms with Gasteiger partial charge in [0.1, 0.15) is 11.9 Å². The molecule has 0 spiro atoms. The second-order valence-electron chi connectivity index (χ2n) is 4.38. The van der Waals surface area contributed by atoms with Gasteiger partial charge in [-0.05, 0) is 36.4 Å². The number of aromatic nitrogens is 1. The summed E-state index contributed by atoms with van der Waals surface area (Å²) in [6, 6.07) is 10.6. The Morgan fingerprint density at radius 3 is 3.00 bits per heavy atom. The summed E-state index contributed by atoms with van der Waals surface area (Å²) < 4.78 is 0. The summed E-state index contributed by atoms with van der Waals surface area (Å²) in [5.74, 6) is 0.977. The summed E-state index contributed by atoms with van der Waals surface area (Å²) in [6.45, 7) is 1.04. The van der Waals surface area contributed by atoms with Crippen LogP contribution < -0.4 is 4.90 Å². The van der Waals surface area contributed by atoms with E-state index in [0.717, 1.165) is 12.4 Å². The number of nitrogens with zero attached hydrogens (tertiary/aromatic N) is 3. The SMILES string of the molecule is N#Cc1ccc(N2CCCC2c2cccs2)nc1. The van der Waals surface area contributed by atoms with Crippen molar-refractivity contribution < 1.29 is 0 Å². The Morgan fingerprint density at radius 2 is 2.33 bits per heavy atom. The first-order valence-corrected chi connectivity index (χ1v) is 6.92. The standard InChI is InChI=1S/C14H13N3S/c15-9-11-5-6-14(16-10-11)17-7-1-3-12(17)13-4-2-8-18-13/h2,4-6,8,10,12H,1,3,7H2. The van der Waals surface area contributed by atoms with Crippen LogP contribution in [-0.4, -0.2) is 11.5 Å². The van der Waals surface area contributed by atoms with Crippen LogP contribution in [0.2, 0.25) is 0 Å². The number of nitriles is 1. The van der Waals surface area contributed by atoms with Crippen LogP contribution in [-0.2, 0) is 0 Å². The molecule has 4 heteroatoms. The van der Waals surface area contributed by atoms with Crippen LogP contribution >= 0.6 is 11.3 Å². The molecule has 2 aromatic rings. The molecule has 1 aliphatic heterocycles. The Hall–Kier alpha value is -1.86. The van der Waals surface area contributed by atoms with Crippen LogP contribution in [0.25, 0.3) is 0 Å². The molecule has 0 N–H and O–H groups in total. The Kier molecular flexibility index (Phi) is 2.99. The molecule has 18 heavy (non-hydrogen) atoms. The Labute approximate surface area is 110 Å². The monoisotopic (exact) mass is 255 g/mol. The second-order valence-corrected chi connectivity index (χ2v) is 5.36. The van der Waals surface area contributed by atoms with E-state index in [1.807, 2.05) is 12.1 Å². The molecule has 0 aliphatic carbocycles. The Balaban J connectivity index is 1.88. The summed E-state index contributed by atoms with van der Waals surface area (Å²) in [5.41, 5.74) is 0.616. The molecule has 90 valence electrons. The number of rotatable bonds is 2. The maximum Gasteiger partial charge on any atom is 0.129 e. The molecule has 1 fully saturated rings. The zero-order valence-corrected chi connectivity index (χ0v) is 10.7. The highest BCUT2D eigenvalue weighted by atomic mass is 32.1. The average Bonchev–Trinajstić information content (AvgIpc) is 3.09. The predicted octanol–water partition coefficient (Wildman–Crippen LogP) is 3.36. The van der Waals surface area contributed by atoms with Gasteiger partial charge in [-0.25, -0.2) is 4.98 Å². The van der Waals surface area contributed by atoms with Crippen molar-refractivity contribution in [2.24, 2.45) is 0 Å². The van der Waals surface area contributed by atoms with Gasteiger partial charge in [0.15, 0.2) is 0 Å². The third kappa shape index (κ3) is 1.98. The molecule has 0 bridgehead atoms. The molecule has 3 rings (SSSR count). The number of pyridine rings is 1. The summed E-state index contributed by atoms with van der Waals surface area (Å²) >= 11 is 1.80. The first-order valence-electron chi connectivity index (χ1n) is 6.04. The summed E-state index contributed by atoms with van der Waals surface area (Å²) in [5, 5.41) is 10.9. The second kappa shape index (κ2) is 4.79. The van der Waals surface area contributed by atoms with Gasteiger partial charge < -0.3 is 4.90 Å².